The maximum atomic E-state index is 12.9. The third-order valence-electron chi connectivity index (χ3n) is 9.60. The smallest absolute Gasteiger partial charge is 0.315 e. The Morgan fingerprint density at radius 2 is 1.62 bits per heavy atom. The highest BCUT2D eigenvalue weighted by molar-refractivity contribution is 5.94. The van der Waals surface area contributed by atoms with Gasteiger partial charge in [0, 0.05) is 31.3 Å². The van der Waals surface area contributed by atoms with E-state index in [2.05, 4.69) is 31.2 Å². The van der Waals surface area contributed by atoms with E-state index in [-0.39, 0.29) is 11.3 Å². The van der Waals surface area contributed by atoms with E-state index in [1.54, 1.807) is 7.11 Å². The largest absolute Gasteiger partial charge is 0.441 e. The van der Waals surface area contributed by atoms with E-state index in [0.29, 0.717) is 32.9 Å². The lowest BCUT2D eigenvalue weighted by molar-refractivity contribution is -0.231. The van der Waals surface area contributed by atoms with Crippen LogP contribution in [0.25, 0.3) is 11.6 Å². The standard InChI is InChI=1S/C34H43NO5/c1-4-39-33(37-3)40-31-10-9-29(19-30(31)34-20-25-16-26(21-34)18-27(17-25)22-34)23(2)15-24-5-7-28(8-6-24)32(36)35-11-13-38-14-12-35/h5-10,15,19,25-27,33H,4,11-14,16-18,20-22H2,1-3H3. The van der Waals surface area contributed by atoms with Crippen LogP contribution in [0.4, 0.5) is 0 Å². The first-order valence-corrected chi connectivity index (χ1v) is 15.1. The van der Waals surface area contributed by atoms with E-state index >= 15 is 0 Å². The van der Waals surface area contributed by atoms with Gasteiger partial charge in [-0.3, -0.25) is 4.79 Å². The van der Waals surface area contributed by atoms with Crippen LogP contribution in [0, 0.1) is 17.8 Å². The predicted molar refractivity (Wildman–Crippen MR) is 156 cm³/mol. The predicted octanol–water partition coefficient (Wildman–Crippen LogP) is 6.53. The maximum Gasteiger partial charge on any atom is 0.315 e. The van der Waals surface area contributed by atoms with Gasteiger partial charge in [0.2, 0.25) is 0 Å². The molecular weight excluding hydrogens is 502 g/mol. The lowest BCUT2D eigenvalue weighted by Crippen LogP contribution is -2.48. The number of allylic oxidation sites excluding steroid dienone is 1. The molecule has 6 heteroatoms. The summed E-state index contributed by atoms with van der Waals surface area (Å²) < 4.78 is 22.9. The van der Waals surface area contributed by atoms with Crippen molar-refractivity contribution in [3.05, 3.63) is 64.7 Å². The van der Waals surface area contributed by atoms with Crippen LogP contribution >= 0.6 is 0 Å². The zero-order valence-electron chi connectivity index (χ0n) is 24.2. The van der Waals surface area contributed by atoms with Gasteiger partial charge in [-0.15, -0.1) is 0 Å². The zero-order chi connectivity index (χ0) is 27.7. The molecule has 1 aliphatic heterocycles. The fourth-order valence-corrected chi connectivity index (χ4v) is 8.13. The van der Waals surface area contributed by atoms with Gasteiger partial charge in [-0.25, -0.2) is 0 Å². The van der Waals surface area contributed by atoms with E-state index in [1.165, 1.54) is 55.2 Å². The molecule has 4 aliphatic carbocycles. The number of morpholine rings is 1. The maximum absolute atomic E-state index is 12.9. The van der Waals surface area contributed by atoms with Gasteiger partial charge in [-0.1, -0.05) is 24.3 Å². The van der Waals surface area contributed by atoms with Crippen LogP contribution in [0.5, 0.6) is 5.75 Å². The van der Waals surface area contributed by atoms with Crippen molar-refractivity contribution in [2.45, 2.75) is 64.3 Å². The number of amides is 1. The number of rotatable bonds is 9. The number of ether oxygens (including phenoxy) is 4. The van der Waals surface area contributed by atoms with Crippen molar-refractivity contribution in [1.29, 1.82) is 0 Å². The lowest BCUT2D eigenvalue weighted by atomic mass is 9.48. The topological polar surface area (TPSA) is 57.2 Å². The molecule has 6 nitrogen and oxygen atoms in total. The second kappa shape index (κ2) is 11.7. The highest BCUT2D eigenvalue weighted by Crippen LogP contribution is 2.62. The molecule has 5 fully saturated rings. The molecule has 2 aromatic rings. The molecule has 0 spiro atoms. The van der Waals surface area contributed by atoms with Gasteiger partial charge in [0.05, 0.1) is 19.8 Å². The number of carbonyl (C=O) groups excluding carboxylic acids is 1. The summed E-state index contributed by atoms with van der Waals surface area (Å²) in [6.07, 6.45) is 10.2. The minimum atomic E-state index is -0.709. The number of carbonyl (C=O) groups is 1. The molecule has 40 heavy (non-hydrogen) atoms. The van der Waals surface area contributed by atoms with Gasteiger partial charge in [-0.2, -0.15) is 0 Å². The Labute approximate surface area is 238 Å². The van der Waals surface area contributed by atoms with E-state index < -0.39 is 6.48 Å². The minimum Gasteiger partial charge on any atom is -0.441 e. The fourth-order valence-electron chi connectivity index (χ4n) is 8.13. The molecule has 0 N–H and O–H groups in total. The summed E-state index contributed by atoms with van der Waals surface area (Å²) in [6.45, 7) is 6.47. The normalized spacial score (nSPS) is 28.5. The van der Waals surface area contributed by atoms with Gasteiger partial charge >= 0.3 is 6.48 Å². The summed E-state index contributed by atoms with van der Waals surface area (Å²) in [5.41, 5.74) is 5.71. The molecule has 1 amide bonds. The monoisotopic (exact) mass is 545 g/mol. The number of hydrogen-bond donors (Lipinski definition) is 0. The molecule has 1 heterocycles. The molecular formula is C34H43NO5. The van der Waals surface area contributed by atoms with Gasteiger partial charge in [0.15, 0.2) is 0 Å². The Balaban J connectivity index is 1.28. The van der Waals surface area contributed by atoms with Gasteiger partial charge in [0.25, 0.3) is 5.91 Å². The summed E-state index contributed by atoms with van der Waals surface area (Å²) in [5.74, 6) is 3.48. The van der Waals surface area contributed by atoms with Crippen molar-refractivity contribution in [2.24, 2.45) is 17.8 Å². The van der Waals surface area contributed by atoms with Crippen LogP contribution in [0.1, 0.15) is 79.4 Å². The van der Waals surface area contributed by atoms with Crippen molar-refractivity contribution in [1.82, 2.24) is 4.90 Å². The zero-order valence-corrected chi connectivity index (χ0v) is 24.2. The number of hydrogen-bond acceptors (Lipinski definition) is 5. The highest BCUT2D eigenvalue weighted by atomic mass is 16.8. The summed E-state index contributed by atoms with van der Waals surface area (Å²) in [7, 11) is 1.63. The highest BCUT2D eigenvalue weighted by Gasteiger charge is 2.52. The second-order valence-corrected chi connectivity index (χ2v) is 12.4. The van der Waals surface area contributed by atoms with Crippen LogP contribution in [0.2, 0.25) is 0 Å². The Kier molecular flexibility index (Phi) is 8.02. The van der Waals surface area contributed by atoms with Crippen LogP contribution in [0.15, 0.2) is 42.5 Å². The fraction of sp³-hybridized carbons (Fsp3) is 0.559. The summed E-state index contributed by atoms with van der Waals surface area (Å²) in [6, 6.07) is 14.6. The van der Waals surface area contributed by atoms with Crippen LogP contribution < -0.4 is 4.74 Å². The molecule has 2 aromatic carbocycles. The van der Waals surface area contributed by atoms with Crippen molar-refractivity contribution in [3.8, 4) is 5.75 Å². The van der Waals surface area contributed by atoms with E-state index in [1.807, 2.05) is 36.1 Å². The van der Waals surface area contributed by atoms with Gasteiger partial charge in [-0.05, 0) is 117 Å². The molecule has 1 unspecified atom stereocenters. The average molecular weight is 546 g/mol. The molecule has 4 saturated carbocycles. The summed E-state index contributed by atoms with van der Waals surface area (Å²) in [4.78, 5) is 14.7. The number of nitrogens with zero attached hydrogens (tertiary/aromatic N) is 1. The van der Waals surface area contributed by atoms with Crippen molar-refractivity contribution >= 4 is 17.6 Å². The molecule has 214 valence electrons. The quantitative estimate of drug-likeness (QED) is 0.265. The van der Waals surface area contributed by atoms with E-state index in [0.717, 1.165) is 34.6 Å². The average Bonchev–Trinajstić information content (AvgIpc) is 2.97. The number of methoxy groups -OCH3 is 1. The summed E-state index contributed by atoms with van der Waals surface area (Å²) in [5, 5.41) is 0. The third-order valence-corrected chi connectivity index (χ3v) is 9.60. The van der Waals surface area contributed by atoms with Gasteiger partial charge in [0.1, 0.15) is 5.75 Å². The molecule has 1 atom stereocenters. The Hall–Kier alpha value is -2.67. The van der Waals surface area contributed by atoms with Gasteiger partial charge < -0.3 is 23.8 Å². The van der Waals surface area contributed by atoms with E-state index in [9.17, 15) is 4.79 Å². The first-order valence-electron chi connectivity index (χ1n) is 15.1. The molecule has 5 aliphatic rings. The molecule has 0 radical (unpaired) electrons. The van der Waals surface area contributed by atoms with Crippen molar-refractivity contribution in [3.63, 3.8) is 0 Å². The van der Waals surface area contributed by atoms with Crippen LogP contribution in [-0.4, -0.2) is 57.3 Å². The molecule has 0 aromatic heterocycles. The minimum absolute atomic E-state index is 0.0766. The van der Waals surface area contributed by atoms with Crippen molar-refractivity contribution < 1.29 is 23.7 Å². The SMILES string of the molecule is CCOC(OC)Oc1ccc(C(C)=Cc2ccc(C(=O)N3CCOCC3)cc2)cc1C12CC3CC(CC(C3)C1)C2. The molecule has 4 bridgehead atoms. The molecule has 1 saturated heterocycles. The number of benzene rings is 2. The first kappa shape index (κ1) is 27.5. The Morgan fingerprint density at radius 1 is 1.00 bits per heavy atom. The summed E-state index contributed by atoms with van der Waals surface area (Å²) >= 11 is 0. The second-order valence-electron chi connectivity index (χ2n) is 12.4. The van der Waals surface area contributed by atoms with Crippen LogP contribution in [-0.2, 0) is 19.6 Å². The third kappa shape index (κ3) is 5.59. The molecule has 7 rings (SSSR count). The van der Waals surface area contributed by atoms with Crippen molar-refractivity contribution in [2.75, 3.05) is 40.0 Å². The van der Waals surface area contributed by atoms with Crippen LogP contribution in [0.3, 0.4) is 0 Å². The van der Waals surface area contributed by atoms with E-state index in [4.69, 9.17) is 18.9 Å². The Bertz CT molecular complexity index is 1190. The first-order chi connectivity index (χ1) is 19.5. The lowest BCUT2D eigenvalue weighted by Gasteiger charge is -2.57. The Morgan fingerprint density at radius 3 is 2.23 bits per heavy atom.